The largest absolute Gasteiger partial charge is 0.513 e. The number of nitrogens with two attached hydrogens (primary N) is 1. The predicted octanol–water partition coefficient (Wildman–Crippen LogP) is 6.11. The molecule has 0 heterocycles. The van der Waals surface area contributed by atoms with Crippen molar-refractivity contribution < 1.29 is 52.7 Å². The van der Waals surface area contributed by atoms with Crippen LogP contribution in [0.5, 0.6) is 11.5 Å². The van der Waals surface area contributed by atoms with Gasteiger partial charge in [-0.3, -0.25) is 4.79 Å². The van der Waals surface area contributed by atoms with Gasteiger partial charge in [-0.1, -0.05) is 67.9 Å². The van der Waals surface area contributed by atoms with Crippen LogP contribution in [0.25, 0.3) is 0 Å². The van der Waals surface area contributed by atoms with Crippen molar-refractivity contribution >= 4 is 24.4 Å². The summed E-state index contributed by atoms with van der Waals surface area (Å²) in [6, 6.07) is 4.12. The molecule has 0 aliphatic rings. The highest BCUT2D eigenvalue weighted by Crippen LogP contribution is 2.32. The average Bonchev–Trinajstić information content (AvgIpc) is 2.85. The lowest BCUT2D eigenvalue weighted by Gasteiger charge is -2.28. The number of hydrogen-bond donors (Lipinski definition) is 2. The van der Waals surface area contributed by atoms with Crippen LogP contribution < -0.4 is 15.2 Å². The van der Waals surface area contributed by atoms with E-state index in [0.29, 0.717) is 5.56 Å². The van der Waals surface area contributed by atoms with Crippen LogP contribution in [0.15, 0.2) is 18.2 Å². The fraction of sp³-hybridized carbons (Fsp3) is 0.667. The molecule has 1 rings (SSSR count). The van der Waals surface area contributed by atoms with Crippen LogP contribution in [0.3, 0.4) is 0 Å². The van der Waals surface area contributed by atoms with Crippen molar-refractivity contribution in [3.8, 4) is 11.5 Å². The van der Waals surface area contributed by atoms with Gasteiger partial charge in [-0.25, -0.2) is 14.4 Å². The van der Waals surface area contributed by atoms with Crippen LogP contribution >= 0.6 is 0 Å². The van der Waals surface area contributed by atoms with Crippen molar-refractivity contribution in [1.29, 1.82) is 0 Å². The summed E-state index contributed by atoms with van der Waals surface area (Å²) < 4.78 is 31.2. The lowest BCUT2D eigenvalue weighted by molar-refractivity contribution is -0.144. The molecule has 1 aromatic carbocycles. The van der Waals surface area contributed by atoms with Gasteiger partial charge in [-0.2, -0.15) is 0 Å². The predicted molar refractivity (Wildman–Crippen MR) is 154 cm³/mol. The van der Waals surface area contributed by atoms with E-state index in [4.69, 9.17) is 34.2 Å². The van der Waals surface area contributed by atoms with E-state index in [0.717, 1.165) is 6.42 Å². The van der Waals surface area contributed by atoms with Crippen molar-refractivity contribution in [3.05, 3.63) is 23.8 Å². The molecule has 0 fully saturated rings. The molecule has 3 N–H and O–H groups in total. The number of benzene rings is 1. The highest BCUT2D eigenvalue weighted by Gasteiger charge is 2.37. The molecule has 0 bridgehead atoms. The molecule has 0 amide bonds. The fourth-order valence-corrected chi connectivity index (χ4v) is 3.30. The first kappa shape index (κ1) is 36.5. The Bertz CT molecular complexity index is 1070. The van der Waals surface area contributed by atoms with Crippen molar-refractivity contribution in [2.45, 2.75) is 93.2 Å². The molecule has 2 unspecified atom stereocenters. The van der Waals surface area contributed by atoms with Crippen molar-refractivity contribution in [2.75, 3.05) is 19.8 Å². The second kappa shape index (κ2) is 15.6. The van der Waals surface area contributed by atoms with Crippen molar-refractivity contribution in [3.63, 3.8) is 0 Å². The molecule has 3 atom stereocenters. The van der Waals surface area contributed by atoms with E-state index >= 15 is 0 Å². The van der Waals surface area contributed by atoms with Gasteiger partial charge in [0.05, 0.1) is 19.8 Å². The molecule has 0 spiro atoms. The first-order valence-corrected chi connectivity index (χ1v) is 13.9. The highest BCUT2D eigenvalue weighted by molar-refractivity contribution is 5.79. The van der Waals surface area contributed by atoms with Crippen molar-refractivity contribution in [1.82, 2.24) is 0 Å². The molecule has 0 aliphatic heterocycles. The molecule has 0 aromatic heterocycles. The van der Waals surface area contributed by atoms with Crippen LogP contribution in [-0.4, -0.2) is 61.0 Å². The standard InChI is InChI=1S/C30H47NO11/c1-10-19(2)16-37-25(34)40-20(3)14-30(31,24(32)33)15-21-11-12-22(41-26(35)38-17-28(4,5)6)23(13-21)42-27(36)39-18-29(7,8)9/h11-13,19-20H,10,14-18,31H2,1-9H3,(H,32,33)/t19?,20-,30?/m0/s1. The summed E-state index contributed by atoms with van der Waals surface area (Å²) >= 11 is 0. The smallest absolute Gasteiger partial charge is 0.480 e. The van der Waals surface area contributed by atoms with Crippen LogP contribution in [0.1, 0.15) is 80.7 Å². The Morgan fingerprint density at radius 1 is 0.833 bits per heavy atom. The second-order valence-corrected chi connectivity index (χ2v) is 13.0. The molecule has 0 aliphatic carbocycles. The van der Waals surface area contributed by atoms with Gasteiger partial charge in [-0.05, 0) is 41.4 Å². The zero-order valence-electron chi connectivity index (χ0n) is 26.2. The molecule has 12 heteroatoms. The van der Waals surface area contributed by atoms with Crippen molar-refractivity contribution in [2.24, 2.45) is 22.5 Å². The second-order valence-electron chi connectivity index (χ2n) is 13.0. The third-order valence-electron chi connectivity index (χ3n) is 5.72. The SMILES string of the molecule is CCC(C)COC(=O)O[C@@H](C)CC(N)(Cc1ccc(OC(=O)OCC(C)(C)C)c(OC(=O)OCC(C)(C)C)c1)C(=O)O. The van der Waals surface area contributed by atoms with E-state index < -0.39 is 36.1 Å². The van der Waals surface area contributed by atoms with Gasteiger partial charge in [0, 0.05) is 12.8 Å². The quantitative estimate of drug-likeness (QED) is 0.152. The molecule has 0 saturated carbocycles. The van der Waals surface area contributed by atoms with Crippen LogP contribution in [-0.2, 0) is 30.2 Å². The number of carboxylic acids is 1. The summed E-state index contributed by atoms with van der Waals surface area (Å²) in [5.41, 5.74) is 4.07. The van der Waals surface area contributed by atoms with E-state index in [1.807, 2.05) is 55.4 Å². The number of hydrogen-bond acceptors (Lipinski definition) is 11. The number of carboxylic acid groups (broad SMARTS) is 1. The fourth-order valence-electron chi connectivity index (χ4n) is 3.30. The minimum atomic E-state index is -1.88. The Hall–Kier alpha value is -3.54. The lowest BCUT2D eigenvalue weighted by Crippen LogP contribution is -2.52. The summed E-state index contributed by atoms with van der Waals surface area (Å²) in [5, 5.41) is 9.96. The summed E-state index contributed by atoms with van der Waals surface area (Å²) in [6.45, 7) is 16.9. The zero-order chi connectivity index (χ0) is 32.3. The minimum Gasteiger partial charge on any atom is -0.480 e. The van der Waals surface area contributed by atoms with Gasteiger partial charge in [-0.15, -0.1) is 0 Å². The molecule has 42 heavy (non-hydrogen) atoms. The van der Waals surface area contributed by atoms with E-state index in [-0.39, 0.29) is 60.9 Å². The topological polar surface area (TPSA) is 170 Å². The van der Waals surface area contributed by atoms with Crippen LogP contribution in [0, 0.1) is 16.7 Å². The molecular weight excluding hydrogens is 550 g/mol. The van der Waals surface area contributed by atoms with E-state index in [1.54, 1.807) is 0 Å². The van der Waals surface area contributed by atoms with Gasteiger partial charge in [0.2, 0.25) is 0 Å². The summed E-state index contributed by atoms with van der Waals surface area (Å²) in [7, 11) is 0. The Morgan fingerprint density at radius 3 is 1.83 bits per heavy atom. The number of carbonyl (C=O) groups excluding carboxylic acids is 3. The maximum Gasteiger partial charge on any atom is 0.513 e. The van der Waals surface area contributed by atoms with Crippen LogP contribution in [0.2, 0.25) is 0 Å². The number of ether oxygens (including phenoxy) is 6. The van der Waals surface area contributed by atoms with Gasteiger partial charge >= 0.3 is 24.4 Å². The van der Waals surface area contributed by atoms with Gasteiger partial charge in [0.25, 0.3) is 0 Å². The number of carbonyl (C=O) groups is 4. The zero-order valence-corrected chi connectivity index (χ0v) is 26.2. The summed E-state index contributed by atoms with van der Waals surface area (Å²) in [5.74, 6) is -1.55. The maximum absolute atomic E-state index is 12.4. The molecule has 12 nitrogen and oxygen atoms in total. The first-order valence-electron chi connectivity index (χ1n) is 13.9. The van der Waals surface area contributed by atoms with Gasteiger partial charge < -0.3 is 39.3 Å². The molecule has 1 aromatic rings. The monoisotopic (exact) mass is 597 g/mol. The molecular formula is C30H47NO11. The first-order chi connectivity index (χ1) is 19.2. The average molecular weight is 598 g/mol. The molecule has 238 valence electrons. The Morgan fingerprint density at radius 2 is 1.36 bits per heavy atom. The summed E-state index contributed by atoms with van der Waals surface area (Å²) in [4.78, 5) is 49.0. The third-order valence-corrected chi connectivity index (χ3v) is 5.72. The normalized spacial score (nSPS) is 14.5. The Balaban J connectivity index is 3.15. The van der Waals surface area contributed by atoms with E-state index in [2.05, 4.69) is 0 Å². The minimum absolute atomic E-state index is 0.0535. The number of aliphatic carboxylic acids is 1. The Labute approximate surface area is 248 Å². The third kappa shape index (κ3) is 14.4. The molecule has 0 radical (unpaired) electrons. The lowest BCUT2D eigenvalue weighted by atomic mass is 9.86. The van der Waals surface area contributed by atoms with E-state index in [1.165, 1.54) is 25.1 Å². The number of rotatable bonds is 13. The van der Waals surface area contributed by atoms with E-state index in [9.17, 15) is 24.3 Å². The maximum atomic E-state index is 12.4. The summed E-state index contributed by atoms with van der Waals surface area (Å²) in [6.07, 6.45) is -3.56. The van der Waals surface area contributed by atoms with Crippen LogP contribution in [0.4, 0.5) is 14.4 Å². The Kier molecular flexibility index (Phi) is 13.6. The molecule has 0 saturated heterocycles. The highest BCUT2D eigenvalue weighted by atomic mass is 16.7. The van der Waals surface area contributed by atoms with Gasteiger partial charge in [0.15, 0.2) is 11.5 Å². The van der Waals surface area contributed by atoms with Gasteiger partial charge in [0.1, 0.15) is 11.6 Å².